The number of pyridine rings is 1. The third kappa shape index (κ3) is 2.80. The number of aromatic nitrogens is 1. The van der Waals surface area contributed by atoms with Crippen molar-refractivity contribution in [1.29, 1.82) is 0 Å². The Hall–Kier alpha value is -1.85. The van der Waals surface area contributed by atoms with Crippen molar-refractivity contribution in [3.8, 4) is 11.5 Å². The van der Waals surface area contributed by atoms with E-state index in [1.807, 2.05) is 0 Å². The minimum atomic E-state index is -0.444. The Kier molecular flexibility index (Phi) is 3.69. The molecular weight excluding hydrogens is 359 g/mol. The fourth-order valence-electron chi connectivity index (χ4n) is 1.93. The lowest BCUT2D eigenvalue weighted by atomic mass is 10.2. The first-order valence-electron chi connectivity index (χ1n) is 6.01. The number of anilines is 1. The van der Waals surface area contributed by atoms with Crippen LogP contribution in [0, 0.1) is 5.82 Å². The maximum Gasteiger partial charge on any atom is 0.153 e. The van der Waals surface area contributed by atoms with Crippen molar-refractivity contribution >= 4 is 44.1 Å². The molecule has 0 atom stereocenters. The Morgan fingerprint density at radius 2 is 1.95 bits per heavy atom. The number of benzene rings is 2. The van der Waals surface area contributed by atoms with Crippen LogP contribution < -0.4 is 10.5 Å². The summed E-state index contributed by atoms with van der Waals surface area (Å²) in [5.74, 6) is 0.337. The van der Waals surface area contributed by atoms with Gasteiger partial charge in [-0.25, -0.2) is 4.39 Å². The monoisotopic (exact) mass is 366 g/mol. The largest absolute Gasteiger partial charge is 0.454 e. The average Bonchev–Trinajstić information content (AvgIpc) is 2.44. The second kappa shape index (κ2) is 5.50. The normalized spacial score (nSPS) is 10.8. The number of ether oxygens (including phenoxy) is 1. The van der Waals surface area contributed by atoms with Crippen molar-refractivity contribution in [3.63, 3.8) is 0 Å². The molecule has 0 spiro atoms. The van der Waals surface area contributed by atoms with Gasteiger partial charge in [0.15, 0.2) is 5.75 Å². The number of nitrogens with zero attached hydrogens (tertiary/aromatic N) is 1. The third-order valence-electron chi connectivity index (χ3n) is 2.94. The Balaban J connectivity index is 2.08. The van der Waals surface area contributed by atoms with Crippen LogP contribution in [0.1, 0.15) is 0 Å². The molecule has 1 heterocycles. The molecular formula is C15H9BrClFN2O. The summed E-state index contributed by atoms with van der Waals surface area (Å²) in [5.41, 5.74) is 6.87. The molecule has 21 heavy (non-hydrogen) atoms. The van der Waals surface area contributed by atoms with Gasteiger partial charge in [-0.2, -0.15) is 0 Å². The topological polar surface area (TPSA) is 48.1 Å². The predicted molar refractivity (Wildman–Crippen MR) is 85.3 cm³/mol. The van der Waals surface area contributed by atoms with Gasteiger partial charge in [-0.05, 0) is 46.3 Å². The van der Waals surface area contributed by atoms with E-state index in [2.05, 4.69) is 20.9 Å². The second-order valence-electron chi connectivity index (χ2n) is 4.38. The zero-order valence-electron chi connectivity index (χ0n) is 10.6. The molecule has 1 aromatic heterocycles. The molecule has 0 aliphatic heterocycles. The first-order chi connectivity index (χ1) is 10.0. The summed E-state index contributed by atoms with van der Waals surface area (Å²) >= 11 is 9.02. The summed E-state index contributed by atoms with van der Waals surface area (Å²) in [4.78, 5) is 4.22. The minimum absolute atomic E-state index is 0.248. The van der Waals surface area contributed by atoms with Crippen molar-refractivity contribution in [3.05, 3.63) is 57.9 Å². The van der Waals surface area contributed by atoms with Gasteiger partial charge in [-0.15, -0.1) is 0 Å². The van der Waals surface area contributed by atoms with Crippen molar-refractivity contribution in [2.75, 3.05) is 5.73 Å². The molecule has 3 aromatic rings. The minimum Gasteiger partial charge on any atom is -0.454 e. The fourth-order valence-corrected chi connectivity index (χ4v) is 2.46. The van der Waals surface area contributed by atoms with Crippen molar-refractivity contribution < 1.29 is 9.13 Å². The molecule has 0 unspecified atom stereocenters. The van der Waals surface area contributed by atoms with Gasteiger partial charge >= 0.3 is 0 Å². The van der Waals surface area contributed by atoms with Crippen molar-refractivity contribution in [2.45, 2.75) is 0 Å². The van der Waals surface area contributed by atoms with Crippen LogP contribution in [0.2, 0.25) is 5.02 Å². The van der Waals surface area contributed by atoms with Crippen LogP contribution in [0.5, 0.6) is 11.5 Å². The van der Waals surface area contributed by atoms with Crippen LogP contribution in [0.15, 0.2) is 47.1 Å². The van der Waals surface area contributed by atoms with Gasteiger partial charge in [0.2, 0.25) is 0 Å². The number of rotatable bonds is 2. The number of nitrogens with two attached hydrogens (primary N) is 1. The van der Waals surface area contributed by atoms with Gasteiger partial charge < -0.3 is 10.5 Å². The van der Waals surface area contributed by atoms with Gasteiger partial charge in [0.25, 0.3) is 0 Å². The molecule has 6 heteroatoms. The average molecular weight is 368 g/mol. The second-order valence-corrected chi connectivity index (χ2v) is 5.67. The summed E-state index contributed by atoms with van der Waals surface area (Å²) in [6.07, 6.45) is 1.60. The van der Waals surface area contributed by atoms with Gasteiger partial charge in [0, 0.05) is 22.7 Å². The standard InChI is InChI=1S/C15H9BrClFN2O/c16-10-6-12(19)15(7-11(10)18)21-14-3-4-20-13-5-8(17)1-2-9(13)14/h1-7H,19H2. The van der Waals surface area contributed by atoms with Crippen LogP contribution in [-0.4, -0.2) is 4.98 Å². The van der Waals surface area contributed by atoms with E-state index >= 15 is 0 Å². The molecule has 3 nitrogen and oxygen atoms in total. The van der Waals surface area contributed by atoms with Crippen LogP contribution in [-0.2, 0) is 0 Å². The summed E-state index contributed by atoms with van der Waals surface area (Å²) in [5, 5.41) is 1.35. The van der Waals surface area contributed by atoms with E-state index in [1.54, 1.807) is 30.5 Å². The zero-order chi connectivity index (χ0) is 15.0. The molecule has 2 aromatic carbocycles. The van der Waals surface area contributed by atoms with Crippen LogP contribution in [0.25, 0.3) is 10.9 Å². The van der Waals surface area contributed by atoms with E-state index in [0.29, 0.717) is 26.4 Å². The molecule has 0 aliphatic carbocycles. The Bertz CT molecular complexity index is 841. The molecule has 2 N–H and O–H groups in total. The van der Waals surface area contributed by atoms with E-state index in [0.717, 1.165) is 5.39 Å². The summed E-state index contributed by atoms with van der Waals surface area (Å²) in [7, 11) is 0. The zero-order valence-corrected chi connectivity index (χ0v) is 13.0. The van der Waals surface area contributed by atoms with Gasteiger partial charge in [-0.3, -0.25) is 4.98 Å². The predicted octanol–water partition coefficient (Wildman–Crippen LogP) is 5.16. The molecule has 0 radical (unpaired) electrons. The van der Waals surface area contributed by atoms with E-state index in [4.69, 9.17) is 22.1 Å². The van der Waals surface area contributed by atoms with Gasteiger partial charge in [0.1, 0.15) is 11.6 Å². The molecule has 0 aliphatic rings. The lowest BCUT2D eigenvalue weighted by molar-refractivity contribution is 0.483. The smallest absolute Gasteiger partial charge is 0.153 e. The molecule has 106 valence electrons. The lowest BCUT2D eigenvalue weighted by Gasteiger charge is -2.11. The van der Waals surface area contributed by atoms with Gasteiger partial charge in [-0.1, -0.05) is 11.6 Å². The molecule has 0 saturated carbocycles. The van der Waals surface area contributed by atoms with Crippen LogP contribution >= 0.6 is 27.5 Å². The number of fused-ring (bicyclic) bond motifs is 1. The summed E-state index contributed by atoms with van der Waals surface area (Å²) < 4.78 is 19.6. The highest BCUT2D eigenvalue weighted by atomic mass is 79.9. The highest BCUT2D eigenvalue weighted by molar-refractivity contribution is 9.10. The Morgan fingerprint density at radius 3 is 2.76 bits per heavy atom. The summed E-state index contributed by atoms with van der Waals surface area (Å²) in [6.45, 7) is 0. The number of halogens is 3. The highest BCUT2D eigenvalue weighted by Crippen LogP contribution is 2.35. The quantitative estimate of drug-likeness (QED) is 0.636. The first-order valence-corrected chi connectivity index (χ1v) is 7.18. The third-order valence-corrected chi connectivity index (χ3v) is 3.78. The van der Waals surface area contributed by atoms with Crippen LogP contribution in [0.4, 0.5) is 10.1 Å². The van der Waals surface area contributed by atoms with E-state index < -0.39 is 5.82 Å². The highest BCUT2D eigenvalue weighted by Gasteiger charge is 2.10. The number of hydrogen-bond acceptors (Lipinski definition) is 3. The molecule has 0 saturated heterocycles. The van der Waals surface area contributed by atoms with E-state index in [1.165, 1.54) is 12.1 Å². The molecule has 0 amide bonds. The molecule has 3 rings (SSSR count). The number of nitrogen functional groups attached to an aromatic ring is 1. The van der Waals surface area contributed by atoms with Crippen LogP contribution in [0.3, 0.4) is 0 Å². The van der Waals surface area contributed by atoms with Gasteiger partial charge in [0.05, 0.1) is 15.7 Å². The fraction of sp³-hybridized carbons (Fsp3) is 0. The van der Waals surface area contributed by atoms with Crippen molar-refractivity contribution in [2.24, 2.45) is 0 Å². The number of hydrogen-bond donors (Lipinski definition) is 1. The molecule has 0 bridgehead atoms. The maximum absolute atomic E-state index is 13.6. The Morgan fingerprint density at radius 1 is 1.14 bits per heavy atom. The van der Waals surface area contributed by atoms with E-state index in [9.17, 15) is 4.39 Å². The SMILES string of the molecule is Nc1cc(Br)c(F)cc1Oc1ccnc2cc(Cl)ccc12. The lowest BCUT2D eigenvalue weighted by Crippen LogP contribution is -1.95. The first kappa shape index (κ1) is 14.1. The van der Waals surface area contributed by atoms with E-state index in [-0.39, 0.29) is 5.75 Å². The van der Waals surface area contributed by atoms with Crippen molar-refractivity contribution in [1.82, 2.24) is 4.98 Å². The maximum atomic E-state index is 13.6. The Labute approximate surface area is 133 Å². The summed E-state index contributed by atoms with van der Waals surface area (Å²) in [6, 6.07) is 9.66. The molecule has 0 fully saturated rings.